The molecule has 1 N–H and O–H groups in total. The molecule has 1 unspecified atom stereocenters. The van der Waals surface area contributed by atoms with E-state index >= 15 is 0 Å². The minimum Gasteiger partial charge on any atom is -0.367 e. The van der Waals surface area contributed by atoms with E-state index < -0.39 is 0 Å². The molecule has 1 fully saturated rings. The van der Waals surface area contributed by atoms with Crippen LogP contribution in [-0.2, 0) is 6.54 Å². The lowest BCUT2D eigenvalue weighted by atomic mass is 10.1. The average molecular weight is 268 g/mol. The molecule has 100 valence electrons. The molecule has 0 amide bonds. The summed E-state index contributed by atoms with van der Waals surface area (Å²) in [4.78, 5) is 2.16. The molecule has 1 aliphatic heterocycles. The van der Waals surface area contributed by atoms with Crippen molar-refractivity contribution in [2.75, 3.05) is 30.3 Å². The molecule has 2 nitrogen and oxygen atoms in total. The van der Waals surface area contributed by atoms with Crippen LogP contribution in [0.1, 0.15) is 19.4 Å². The molecule has 1 saturated heterocycles. The van der Waals surface area contributed by atoms with Gasteiger partial charge in [-0.05, 0) is 24.2 Å². The maximum absolute atomic E-state index is 14.1. The second-order valence-corrected chi connectivity index (χ2v) is 6.24. The quantitative estimate of drug-likeness (QED) is 0.904. The van der Waals surface area contributed by atoms with Crippen molar-refractivity contribution in [2.45, 2.75) is 25.6 Å². The Kier molecular flexibility index (Phi) is 4.89. The third kappa shape index (κ3) is 3.39. The molecule has 1 aromatic carbocycles. The van der Waals surface area contributed by atoms with Crippen molar-refractivity contribution in [2.24, 2.45) is 0 Å². The minimum atomic E-state index is -0.0931. The van der Waals surface area contributed by atoms with Crippen LogP contribution in [-0.4, -0.2) is 30.6 Å². The molecule has 18 heavy (non-hydrogen) atoms. The molecular formula is C14H21FN2S. The Morgan fingerprint density at radius 1 is 1.50 bits per heavy atom. The van der Waals surface area contributed by atoms with Gasteiger partial charge in [-0.25, -0.2) is 4.39 Å². The number of benzene rings is 1. The fourth-order valence-electron chi connectivity index (χ4n) is 2.22. The highest BCUT2D eigenvalue weighted by Gasteiger charge is 2.19. The average Bonchev–Trinajstić information content (AvgIpc) is 2.36. The topological polar surface area (TPSA) is 15.3 Å². The van der Waals surface area contributed by atoms with Crippen LogP contribution >= 0.6 is 11.8 Å². The van der Waals surface area contributed by atoms with Gasteiger partial charge in [0.1, 0.15) is 5.82 Å². The summed E-state index contributed by atoms with van der Waals surface area (Å²) in [6.45, 7) is 7.78. The Balaban J connectivity index is 2.08. The van der Waals surface area contributed by atoms with Crippen molar-refractivity contribution in [3.05, 3.63) is 29.6 Å². The normalized spacial score (nSPS) is 20.2. The first-order chi connectivity index (χ1) is 8.70. The maximum Gasteiger partial charge on any atom is 0.146 e. The molecule has 0 aliphatic carbocycles. The highest BCUT2D eigenvalue weighted by atomic mass is 32.2. The minimum absolute atomic E-state index is 0.0931. The van der Waals surface area contributed by atoms with E-state index in [0.29, 0.717) is 5.25 Å². The van der Waals surface area contributed by atoms with Gasteiger partial charge in [-0.1, -0.05) is 19.9 Å². The van der Waals surface area contributed by atoms with Gasteiger partial charge in [0.15, 0.2) is 0 Å². The molecule has 0 saturated carbocycles. The van der Waals surface area contributed by atoms with E-state index in [4.69, 9.17) is 0 Å². The third-order valence-electron chi connectivity index (χ3n) is 3.17. The summed E-state index contributed by atoms with van der Waals surface area (Å²) in [5.41, 5.74) is 1.76. The van der Waals surface area contributed by atoms with E-state index in [1.165, 1.54) is 0 Å². The lowest BCUT2D eigenvalue weighted by molar-refractivity contribution is 0.611. The summed E-state index contributed by atoms with van der Waals surface area (Å²) in [6, 6.07) is 5.60. The molecule has 1 aliphatic rings. The monoisotopic (exact) mass is 268 g/mol. The van der Waals surface area contributed by atoms with Crippen LogP contribution in [0, 0.1) is 5.82 Å². The Labute approximate surface area is 113 Å². The lowest BCUT2D eigenvalue weighted by Crippen LogP contribution is -2.37. The van der Waals surface area contributed by atoms with E-state index in [9.17, 15) is 4.39 Å². The van der Waals surface area contributed by atoms with Crippen LogP contribution in [0.15, 0.2) is 18.2 Å². The Morgan fingerprint density at radius 2 is 2.33 bits per heavy atom. The fraction of sp³-hybridized carbons (Fsp3) is 0.571. The third-order valence-corrected chi connectivity index (χ3v) is 4.31. The second-order valence-electron chi connectivity index (χ2n) is 4.69. The first-order valence-corrected chi connectivity index (χ1v) is 7.61. The van der Waals surface area contributed by atoms with E-state index in [-0.39, 0.29) is 5.82 Å². The van der Waals surface area contributed by atoms with Gasteiger partial charge in [0.2, 0.25) is 0 Å². The molecule has 1 atom stereocenters. The molecule has 1 heterocycles. The number of hydrogen-bond acceptors (Lipinski definition) is 3. The number of nitrogens with one attached hydrogen (secondary N) is 1. The van der Waals surface area contributed by atoms with Crippen LogP contribution in [0.3, 0.4) is 0 Å². The number of halogens is 1. The zero-order valence-corrected chi connectivity index (χ0v) is 11.9. The number of nitrogens with zero attached hydrogens (tertiary/aromatic N) is 1. The van der Waals surface area contributed by atoms with E-state index in [1.807, 2.05) is 23.9 Å². The van der Waals surface area contributed by atoms with Crippen molar-refractivity contribution >= 4 is 17.4 Å². The first kappa shape index (κ1) is 13.7. The zero-order chi connectivity index (χ0) is 13.0. The van der Waals surface area contributed by atoms with Gasteiger partial charge >= 0.3 is 0 Å². The lowest BCUT2D eigenvalue weighted by Gasteiger charge is -2.32. The van der Waals surface area contributed by atoms with Gasteiger partial charge < -0.3 is 10.2 Å². The molecule has 0 aromatic heterocycles. The van der Waals surface area contributed by atoms with Gasteiger partial charge in [-0.15, -0.1) is 0 Å². The molecular weight excluding hydrogens is 247 g/mol. The van der Waals surface area contributed by atoms with Crippen molar-refractivity contribution in [3.63, 3.8) is 0 Å². The van der Waals surface area contributed by atoms with Crippen molar-refractivity contribution in [3.8, 4) is 0 Å². The molecule has 0 radical (unpaired) electrons. The molecule has 4 heteroatoms. The highest BCUT2D eigenvalue weighted by molar-refractivity contribution is 8.00. The molecule has 2 rings (SSSR count). The molecule has 0 spiro atoms. The van der Waals surface area contributed by atoms with Gasteiger partial charge in [0.25, 0.3) is 0 Å². The smallest absolute Gasteiger partial charge is 0.146 e. The number of hydrogen-bond donors (Lipinski definition) is 1. The molecule has 0 bridgehead atoms. The number of anilines is 1. The Hall–Kier alpha value is -0.740. The fourth-order valence-corrected chi connectivity index (χ4v) is 3.24. The standard InChI is InChI=1S/C14H21FN2S/c1-3-16-9-12-4-5-14(13(15)8-12)17-6-7-18-11(2)10-17/h4-5,8,11,16H,3,6-7,9-10H2,1-2H3. The predicted octanol–water partition coefficient (Wildman–Crippen LogP) is 2.88. The SMILES string of the molecule is CCNCc1ccc(N2CCSC(C)C2)c(F)c1. The highest BCUT2D eigenvalue weighted by Crippen LogP contribution is 2.26. The number of thioether (sulfide) groups is 1. The summed E-state index contributed by atoms with van der Waals surface area (Å²) in [5, 5.41) is 3.80. The van der Waals surface area contributed by atoms with Crippen molar-refractivity contribution < 1.29 is 4.39 Å². The van der Waals surface area contributed by atoms with E-state index in [0.717, 1.165) is 43.2 Å². The van der Waals surface area contributed by atoms with Crippen molar-refractivity contribution in [1.29, 1.82) is 0 Å². The van der Waals surface area contributed by atoms with E-state index in [2.05, 4.69) is 24.1 Å². The van der Waals surface area contributed by atoms with Crippen LogP contribution < -0.4 is 10.2 Å². The van der Waals surface area contributed by atoms with Crippen LogP contribution in [0.25, 0.3) is 0 Å². The second kappa shape index (κ2) is 6.43. The number of rotatable bonds is 4. The van der Waals surface area contributed by atoms with Gasteiger partial charge in [-0.3, -0.25) is 0 Å². The Morgan fingerprint density at radius 3 is 3.00 bits per heavy atom. The summed E-state index contributed by atoms with van der Waals surface area (Å²) in [6.07, 6.45) is 0. The largest absolute Gasteiger partial charge is 0.367 e. The Bertz CT molecular complexity index is 397. The summed E-state index contributed by atoms with van der Waals surface area (Å²) >= 11 is 1.96. The van der Waals surface area contributed by atoms with Crippen LogP contribution in [0.2, 0.25) is 0 Å². The predicted molar refractivity (Wildman–Crippen MR) is 77.9 cm³/mol. The van der Waals surface area contributed by atoms with Crippen LogP contribution in [0.4, 0.5) is 10.1 Å². The van der Waals surface area contributed by atoms with Gasteiger partial charge in [0.05, 0.1) is 5.69 Å². The zero-order valence-electron chi connectivity index (χ0n) is 11.1. The summed E-state index contributed by atoms with van der Waals surface area (Å²) in [7, 11) is 0. The summed E-state index contributed by atoms with van der Waals surface area (Å²) < 4.78 is 14.1. The van der Waals surface area contributed by atoms with Gasteiger partial charge in [-0.2, -0.15) is 11.8 Å². The van der Waals surface area contributed by atoms with E-state index in [1.54, 1.807) is 6.07 Å². The molecule has 1 aromatic rings. The van der Waals surface area contributed by atoms with Gasteiger partial charge in [0, 0.05) is 30.6 Å². The van der Waals surface area contributed by atoms with Crippen LogP contribution in [0.5, 0.6) is 0 Å². The summed E-state index contributed by atoms with van der Waals surface area (Å²) in [5.74, 6) is 0.990. The van der Waals surface area contributed by atoms with Crippen molar-refractivity contribution in [1.82, 2.24) is 5.32 Å². The maximum atomic E-state index is 14.1. The first-order valence-electron chi connectivity index (χ1n) is 6.56.